The molecule has 1 aliphatic heterocycles. The van der Waals surface area contributed by atoms with Crippen molar-refractivity contribution in [3.63, 3.8) is 0 Å². The first-order valence-corrected chi connectivity index (χ1v) is 8.68. The maximum Gasteiger partial charge on any atom is 0.262 e. The van der Waals surface area contributed by atoms with Crippen molar-refractivity contribution in [3.05, 3.63) is 57.3 Å². The number of hydrogen-bond donors (Lipinski definition) is 1. The number of hydrogen-bond acceptors (Lipinski definition) is 6. The lowest BCUT2D eigenvalue weighted by Crippen LogP contribution is -2.17. The third-order valence-electron chi connectivity index (χ3n) is 4.11. The van der Waals surface area contributed by atoms with Crippen LogP contribution >= 0.6 is 11.3 Å². The largest absolute Gasteiger partial charge is 0.368 e. The van der Waals surface area contributed by atoms with Crippen LogP contribution in [0.25, 0.3) is 23.2 Å². The van der Waals surface area contributed by atoms with Gasteiger partial charge in [0.2, 0.25) is 5.95 Å². The molecule has 1 aliphatic rings. The first-order chi connectivity index (χ1) is 12.5. The molecule has 3 aromatic rings. The third-order valence-corrected chi connectivity index (χ3v) is 4.88. The average molecular weight is 367 g/mol. The van der Waals surface area contributed by atoms with E-state index in [9.17, 15) is 9.18 Å². The molecule has 6 nitrogen and oxygen atoms in total. The monoisotopic (exact) mass is 367 g/mol. The number of rotatable bonds is 2. The number of nitrogens with zero attached hydrogens (tertiary/aromatic N) is 4. The molecule has 0 atom stereocenters. The van der Waals surface area contributed by atoms with Crippen LogP contribution in [-0.4, -0.2) is 32.8 Å². The lowest BCUT2D eigenvalue weighted by atomic mass is 10.1. The lowest BCUT2D eigenvalue weighted by Gasteiger charge is -2.10. The SMILES string of the molecule is Cc1nc(-c2nc(N)nc3c2C(=O)N(C)/C3=C/c2ccccc2F)cs1. The quantitative estimate of drug-likeness (QED) is 0.752. The lowest BCUT2D eigenvalue weighted by molar-refractivity contribution is 0.0875. The highest BCUT2D eigenvalue weighted by Crippen LogP contribution is 2.37. The van der Waals surface area contributed by atoms with E-state index in [0.29, 0.717) is 33.9 Å². The van der Waals surface area contributed by atoms with Gasteiger partial charge in [0.15, 0.2) is 0 Å². The average Bonchev–Trinajstić information content (AvgIpc) is 3.14. The van der Waals surface area contributed by atoms with Gasteiger partial charge in [-0.1, -0.05) is 18.2 Å². The van der Waals surface area contributed by atoms with Crippen LogP contribution in [0.2, 0.25) is 0 Å². The molecule has 1 amide bonds. The fraction of sp³-hybridized carbons (Fsp3) is 0.111. The van der Waals surface area contributed by atoms with Gasteiger partial charge >= 0.3 is 0 Å². The molecular weight excluding hydrogens is 353 g/mol. The van der Waals surface area contributed by atoms with Gasteiger partial charge in [-0.2, -0.15) is 0 Å². The molecule has 3 heterocycles. The molecule has 1 aromatic carbocycles. The van der Waals surface area contributed by atoms with Crippen LogP contribution in [0, 0.1) is 12.7 Å². The van der Waals surface area contributed by atoms with Crippen molar-refractivity contribution in [2.24, 2.45) is 0 Å². The van der Waals surface area contributed by atoms with Gasteiger partial charge in [0.05, 0.1) is 16.3 Å². The van der Waals surface area contributed by atoms with E-state index in [0.717, 1.165) is 5.01 Å². The van der Waals surface area contributed by atoms with Gasteiger partial charge in [-0.15, -0.1) is 11.3 Å². The minimum absolute atomic E-state index is 0.0342. The summed E-state index contributed by atoms with van der Waals surface area (Å²) in [5.74, 6) is -0.623. The molecule has 0 spiro atoms. The predicted molar refractivity (Wildman–Crippen MR) is 98.7 cm³/mol. The van der Waals surface area contributed by atoms with E-state index in [2.05, 4.69) is 15.0 Å². The summed E-state index contributed by atoms with van der Waals surface area (Å²) in [6, 6.07) is 6.33. The molecule has 0 saturated heterocycles. The number of nitrogens with two attached hydrogens (primary N) is 1. The molecule has 8 heteroatoms. The Labute approximate surface area is 152 Å². The molecule has 2 aromatic heterocycles. The normalized spacial score (nSPS) is 15.0. The summed E-state index contributed by atoms with van der Waals surface area (Å²) in [5.41, 5.74) is 8.39. The number of nitrogen functional groups attached to an aromatic ring is 1. The predicted octanol–water partition coefficient (Wildman–Crippen LogP) is 3.21. The van der Waals surface area contributed by atoms with Gasteiger partial charge in [-0.3, -0.25) is 4.79 Å². The smallest absolute Gasteiger partial charge is 0.262 e. The molecule has 26 heavy (non-hydrogen) atoms. The number of carbonyl (C=O) groups is 1. The Morgan fingerprint density at radius 3 is 2.62 bits per heavy atom. The zero-order chi connectivity index (χ0) is 18.4. The molecular formula is C18H14FN5OS. The van der Waals surface area contributed by atoms with Gasteiger partial charge in [0, 0.05) is 18.0 Å². The standard InChI is InChI=1S/C18H14FN5OS/c1-9-21-12(8-26-9)15-14-16(23-18(20)22-15)13(24(2)17(14)25)7-10-5-3-4-6-11(10)19/h3-8H,1-2H3,(H2,20,22,23)/b13-7+. The second kappa shape index (κ2) is 5.99. The molecule has 0 aliphatic carbocycles. The van der Waals surface area contributed by atoms with E-state index in [-0.39, 0.29) is 17.7 Å². The van der Waals surface area contributed by atoms with Crippen molar-refractivity contribution in [1.82, 2.24) is 19.9 Å². The van der Waals surface area contributed by atoms with Crippen LogP contribution < -0.4 is 5.73 Å². The zero-order valence-corrected chi connectivity index (χ0v) is 14.8. The number of anilines is 1. The van der Waals surface area contributed by atoms with Crippen molar-refractivity contribution in [3.8, 4) is 11.4 Å². The molecule has 0 fully saturated rings. The van der Waals surface area contributed by atoms with E-state index in [1.54, 1.807) is 31.3 Å². The van der Waals surface area contributed by atoms with Crippen LogP contribution in [0.1, 0.15) is 26.6 Å². The summed E-state index contributed by atoms with van der Waals surface area (Å²) in [6.07, 6.45) is 1.58. The molecule has 0 unspecified atom stereocenters. The zero-order valence-electron chi connectivity index (χ0n) is 14.0. The van der Waals surface area contributed by atoms with E-state index >= 15 is 0 Å². The van der Waals surface area contributed by atoms with Crippen molar-refractivity contribution < 1.29 is 9.18 Å². The molecule has 4 rings (SSSR count). The maximum atomic E-state index is 14.1. The molecule has 2 N–H and O–H groups in total. The number of thiazole rings is 1. The molecule has 0 radical (unpaired) electrons. The van der Waals surface area contributed by atoms with Crippen LogP contribution in [0.3, 0.4) is 0 Å². The Bertz CT molecular complexity index is 1080. The number of amides is 1. The van der Waals surface area contributed by atoms with Gasteiger partial charge in [-0.25, -0.2) is 19.3 Å². The van der Waals surface area contributed by atoms with Crippen molar-refractivity contribution in [2.75, 3.05) is 12.8 Å². The summed E-state index contributed by atoms with van der Waals surface area (Å²) < 4.78 is 14.1. The Hall–Kier alpha value is -3.13. The summed E-state index contributed by atoms with van der Waals surface area (Å²) in [4.78, 5) is 27.1. The Morgan fingerprint density at radius 2 is 1.92 bits per heavy atom. The minimum Gasteiger partial charge on any atom is -0.368 e. The number of fused-ring (bicyclic) bond motifs is 1. The van der Waals surface area contributed by atoms with Gasteiger partial charge in [0.25, 0.3) is 5.91 Å². The highest BCUT2D eigenvalue weighted by Gasteiger charge is 2.36. The topological polar surface area (TPSA) is 85.0 Å². The van der Waals surface area contributed by atoms with Crippen molar-refractivity contribution in [2.45, 2.75) is 6.92 Å². The van der Waals surface area contributed by atoms with Crippen LogP contribution in [-0.2, 0) is 0 Å². The fourth-order valence-electron chi connectivity index (χ4n) is 2.86. The highest BCUT2D eigenvalue weighted by atomic mass is 32.1. The van der Waals surface area contributed by atoms with Crippen LogP contribution in [0.15, 0.2) is 29.6 Å². The highest BCUT2D eigenvalue weighted by molar-refractivity contribution is 7.09. The third kappa shape index (κ3) is 2.55. The summed E-state index contributed by atoms with van der Waals surface area (Å²) in [6.45, 7) is 1.87. The number of aryl methyl sites for hydroxylation is 1. The van der Waals surface area contributed by atoms with Crippen LogP contribution in [0.4, 0.5) is 10.3 Å². The maximum absolute atomic E-state index is 14.1. The van der Waals surface area contributed by atoms with E-state index in [1.165, 1.54) is 22.3 Å². The Kier molecular flexibility index (Phi) is 3.77. The molecule has 130 valence electrons. The summed E-state index contributed by atoms with van der Waals surface area (Å²) >= 11 is 1.46. The van der Waals surface area contributed by atoms with Gasteiger partial charge in [-0.05, 0) is 19.1 Å². The molecule has 0 bridgehead atoms. The van der Waals surface area contributed by atoms with E-state index < -0.39 is 0 Å². The first-order valence-electron chi connectivity index (χ1n) is 7.80. The summed E-state index contributed by atoms with van der Waals surface area (Å²) in [5, 5.41) is 2.68. The molecule has 0 saturated carbocycles. The van der Waals surface area contributed by atoms with Crippen LogP contribution in [0.5, 0.6) is 0 Å². The van der Waals surface area contributed by atoms with E-state index in [1.807, 2.05) is 12.3 Å². The fourth-order valence-corrected chi connectivity index (χ4v) is 3.46. The van der Waals surface area contributed by atoms with Gasteiger partial charge in [0.1, 0.15) is 22.9 Å². The number of halogens is 1. The second-order valence-corrected chi connectivity index (χ2v) is 6.88. The Balaban J connectivity index is 1.95. The van der Waals surface area contributed by atoms with Gasteiger partial charge < -0.3 is 10.6 Å². The van der Waals surface area contributed by atoms with Crippen molar-refractivity contribution in [1.29, 1.82) is 0 Å². The number of carbonyl (C=O) groups excluding carboxylic acids is 1. The Morgan fingerprint density at radius 1 is 1.19 bits per heavy atom. The number of benzene rings is 1. The summed E-state index contributed by atoms with van der Waals surface area (Å²) in [7, 11) is 1.61. The minimum atomic E-state index is -0.383. The van der Waals surface area contributed by atoms with Crippen molar-refractivity contribution >= 4 is 35.0 Å². The van der Waals surface area contributed by atoms with E-state index in [4.69, 9.17) is 5.73 Å². The number of aromatic nitrogens is 3. The first kappa shape index (κ1) is 16.3. The second-order valence-electron chi connectivity index (χ2n) is 5.82.